The van der Waals surface area contributed by atoms with Gasteiger partial charge in [0.15, 0.2) is 0 Å². The molecule has 0 saturated carbocycles. The lowest BCUT2D eigenvalue weighted by Crippen LogP contribution is -2.35. The second-order valence-electron chi connectivity index (χ2n) is 5.56. The highest BCUT2D eigenvalue weighted by Crippen LogP contribution is 2.15. The van der Waals surface area contributed by atoms with Crippen molar-refractivity contribution in [1.82, 2.24) is 9.27 Å². The van der Waals surface area contributed by atoms with Crippen LogP contribution < -0.4 is 0 Å². The van der Waals surface area contributed by atoms with Gasteiger partial charge in [0.1, 0.15) is 0 Å². The molecule has 4 nitrogen and oxygen atoms in total. The molecule has 0 aliphatic heterocycles. The van der Waals surface area contributed by atoms with E-state index in [9.17, 15) is 9.00 Å². The number of carbonyl (C=O) groups excluding carboxylic acids is 1. The molecule has 1 rings (SSSR count). The van der Waals surface area contributed by atoms with Gasteiger partial charge in [-0.05, 0) is 51.4 Å². The van der Waals surface area contributed by atoms with Crippen LogP contribution in [0.1, 0.15) is 31.3 Å². The molecule has 1 aromatic heterocycles. The Kier molecular flexibility index (Phi) is 6.07. The minimum Gasteiger partial charge on any atom is -0.333 e. The van der Waals surface area contributed by atoms with Crippen molar-refractivity contribution in [2.45, 2.75) is 39.0 Å². The Morgan fingerprint density at radius 2 is 2.20 bits per heavy atom. The van der Waals surface area contributed by atoms with E-state index < -0.39 is 10.8 Å². The van der Waals surface area contributed by atoms with Gasteiger partial charge < -0.3 is 4.90 Å². The Morgan fingerprint density at radius 3 is 2.65 bits per heavy atom. The first-order chi connectivity index (χ1) is 9.24. The number of aromatic nitrogens is 1. The second-order valence-corrected chi connectivity index (χ2v) is 8.77. The molecule has 6 heteroatoms. The van der Waals surface area contributed by atoms with Crippen LogP contribution in [0.3, 0.4) is 0 Å². The molecular weight excluding hydrogens is 292 g/mol. The Labute approximate surface area is 127 Å². The summed E-state index contributed by atoms with van der Waals surface area (Å²) in [6, 6.07) is 1.97. The standard InChI is InChI=1S/C14H22N2O2S2/c1-6-13(17)16(7-8-20(18)14(3,4)5)10-12-9-11(2)15-19-12/h6,9H,1,7-8,10H2,2-5H3. The number of hydrogen-bond acceptors (Lipinski definition) is 4. The molecule has 0 N–H and O–H groups in total. The van der Waals surface area contributed by atoms with Crippen molar-refractivity contribution in [3.63, 3.8) is 0 Å². The van der Waals surface area contributed by atoms with Crippen molar-refractivity contribution in [1.29, 1.82) is 0 Å². The summed E-state index contributed by atoms with van der Waals surface area (Å²) >= 11 is 1.39. The number of amides is 1. The smallest absolute Gasteiger partial charge is 0.246 e. The maximum Gasteiger partial charge on any atom is 0.246 e. The lowest BCUT2D eigenvalue weighted by molar-refractivity contribution is -0.126. The molecule has 0 aliphatic rings. The van der Waals surface area contributed by atoms with Crippen LogP contribution in [0.5, 0.6) is 0 Å². The van der Waals surface area contributed by atoms with Gasteiger partial charge in [-0.25, -0.2) is 0 Å². The van der Waals surface area contributed by atoms with Gasteiger partial charge in [0.2, 0.25) is 5.91 Å². The summed E-state index contributed by atoms with van der Waals surface area (Å²) < 4.78 is 16.0. The molecule has 1 aromatic rings. The van der Waals surface area contributed by atoms with Crippen LogP contribution >= 0.6 is 11.5 Å². The average Bonchev–Trinajstić information content (AvgIpc) is 2.77. The van der Waals surface area contributed by atoms with Crippen molar-refractivity contribution in [2.24, 2.45) is 0 Å². The summed E-state index contributed by atoms with van der Waals surface area (Å²) in [7, 11) is -0.970. The van der Waals surface area contributed by atoms with E-state index in [0.717, 1.165) is 10.6 Å². The molecule has 0 radical (unpaired) electrons. The third kappa shape index (κ3) is 5.17. The van der Waals surface area contributed by atoms with Crippen LogP contribution in [-0.2, 0) is 22.1 Å². The molecule has 1 atom stereocenters. The Morgan fingerprint density at radius 1 is 1.55 bits per heavy atom. The monoisotopic (exact) mass is 314 g/mol. The van der Waals surface area contributed by atoms with E-state index in [2.05, 4.69) is 11.0 Å². The van der Waals surface area contributed by atoms with Crippen molar-refractivity contribution in [3.05, 3.63) is 29.3 Å². The Hall–Kier alpha value is -1.01. The van der Waals surface area contributed by atoms with E-state index in [-0.39, 0.29) is 10.7 Å². The van der Waals surface area contributed by atoms with Crippen LogP contribution in [0.25, 0.3) is 0 Å². The molecule has 1 heterocycles. The van der Waals surface area contributed by atoms with E-state index >= 15 is 0 Å². The van der Waals surface area contributed by atoms with Crippen molar-refractivity contribution in [3.8, 4) is 0 Å². The van der Waals surface area contributed by atoms with E-state index in [1.807, 2.05) is 33.8 Å². The largest absolute Gasteiger partial charge is 0.333 e. The average molecular weight is 314 g/mol. The summed E-state index contributed by atoms with van der Waals surface area (Å²) in [5.74, 6) is 0.336. The van der Waals surface area contributed by atoms with Crippen LogP contribution in [-0.4, -0.2) is 36.4 Å². The maximum absolute atomic E-state index is 12.1. The van der Waals surface area contributed by atoms with Gasteiger partial charge in [-0.3, -0.25) is 9.00 Å². The Balaban J connectivity index is 2.68. The van der Waals surface area contributed by atoms with Crippen molar-refractivity contribution < 1.29 is 9.00 Å². The van der Waals surface area contributed by atoms with Gasteiger partial charge in [-0.2, -0.15) is 4.37 Å². The molecule has 1 unspecified atom stereocenters. The number of nitrogens with zero attached hydrogens (tertiary/aromatic N) is 2. The fourth-order valence-corrected chi connectivity index (χ4v) is 3.32. The summed E-state index contributed by atoms with van der Waals surface area (Å²) in [5, 5.41) is 0. The van der Waals surface area contributed by atoms with Crippen LogP contribution in [0.2, 0.25) is 0 Å². The fourth-order valence-electron chi connectivity index (χ4n) is 1.57. The number of hydrogen-bond donors (Lipinski definition) is 0. The van der Waals surface area contributed by atoms with Crippen LogP contribution in [0.4, 0.5) is 0 Å². The first kappa shape index (κ1) is 17.0. The summed E-state index contributed by atoms with van der Waals surface area (Å²) in [5.41, 5.74) is 0.953. The molecule has 0 spiro atoms. The maximum atomic E-state index is 12.1. The molecule has 0 aliphatic carbocycles. The molecule has 20 heavy (non-hydrogen) atoms. The predicted octanol–water partition coefficient (Wildman–Crippen LogP) is 2.51. The first-order valence-corrected chi connectivity index (χ1v) is 8.55. The first-order valence-electron chi connectivity index (χ1n) is 6.46. The molecule has 0 fully saturated rings. The normalized spacial score (nSPS) is 13.0. The van der Waals surface area contributed by atoms with Crippen LogP contribution in [0, 0.1) is 6.92 Å². The molecule has 0 saturated heterocycles. The number of carbonyl (C=O) groups is 1. The molecule has 112 valence electrons. The molecular formula is C14H22N2O2S2. The van der Waals surface area contributed by atoms with E-state index in [1.165, 1.54) is 17.6 Å². The van der Waals surface area contributed by atoms with Gasteiger partial charge >= 0.3 is 0 Å². The molecule has 0 aromatic carbocycles. The highest BCUT2D eigenvalue weighted by molar-refractivity contribution is 7.86. The predicted molar refractivity (Wildman–Crippen MR) is 85.2 cm³/mol. The second kappa shape index (κ2) is 7.13. The van der Waals surface area contributed by atoms with E-state index in [4.69, 9.17) is 0 Å². The summed E-state index contributed by atoms with van der Waals surface area (Å²) in [6.45, 7) is 12.2. The van der Waals surface area contributed by atoms with Gasteiger partial charge in [0, 0.05) is 32.7 Å². The van der Waals surface area contributed by atoms with Gasteiger partial charge in [0.05, 0.1) is 12.2 Å². The topological polar surface area (TPSA) is 50.3 Å². The highest BCUT2D eigenvalue weighted by atomic mass is 32.2. The lowest BCUT2D eigenvalue weighted by Gasteiger charge is -2.23. The summed E-state index contributed by atoms with van der Waals surface area (Å²) in [4.78, 5) is 14.6. The van der Waals surface area contributed by atoms with Crippen molar-refractivity contribution in [2.75, 3.05) is 12.3 Å². The number of aryl methyl sites for hydroxylation is 1. The zero-order chi connectivity index (χ0) is 15.3. The molecule has 1 amide bonds. The van der Waals surface area contributed by atoms with Crippen LogP contribution in [0.15, 0.2) is 18.7 Å². The van der Waals surface area contributed by atoms with Gasteiger partial charge in [-0.1, -0.05) is 6.58 Å². The zero-order valence-corrected chi connectivity index (χ0v) is 14.1. The Bertz CT molecular complexity index is 504. The van der Waals surface area contributed by atoms with Gasteiger partial charge in [-0.15, -0.1) is 0 Å². The third-order valence-corrected chi connectivity index (χ3v) is 5.52. The third-order valence-electron chi connectivity index (χ3n) is 2.74. The summed E-state index contributed by atoms with van der Waals surface area (Å²) in [6.07, 6.45) is 1.30. The van der Waals surface area contributed by atoms with Crippen molar-refractivity contribution >= 4 is 28.2 Å². The quantitative estimate of drug-likeness (QED) is 0.758. The fraction of sp³-hybridized carbons (Fsp3) is 0.571. The minimum absolute atomic E-state index is 0.137. The number of rotatable bonds is 6. The van der Waals surface area contributed by atoms with Gasteiger partial charge in [0.25, 0.3) is 0 Å². The van der Waals surface area contributed by atoms with E-state index in [1.54, 1.807) is 4.90 Å². The lowest BCUT2D eigenvalue weighted by atomic mass is 10.3. The zero-order valence-electron chi connectivity index (χ0n) is 12.5. The molecule has 0 bridgehead atoms. The SMILES string of the molecule is C=CC(=O)N(CCS(=O)C(C)(C)C)Cc1cc(C)ns1. The van der Waals surface area contributed by atoms with E-state index in [0.29, 0.717) is 18.8 Å². The highest BCUT2D eigenvalue weighted by Gasteiger charge is 2.21. The minimum atomic E-state index is -0.970.